The van der Waals surface area contributed by atoms with E-state index in [9.17, 15) is 19.8 Å². The summed E-state index contributed by atoms with van der Waals surface area (Å²) in [6.07, 6.45) is 0.989. The highest BCUT2D eigenvalue weighted by Gasteiger charge is 2.24. The second-order valence-electron chi connectivity index (χ2n) is 5.63. The lowest BCUT2D eigenvalue weighted by Gasteiger charge is -2.15. The maximum atomic E-state index is 12.1. The number of hydrogen-bond donors (Lipinski definition) is 5. The van der Waals surface area contributed by atoms with Crippen molar-refractivity contribution in [1.29, 1.82) is 0 Å². The lowest BCUT2D eigenvalue weighted by molar-refractivity contribution is -0.143. The number of rotatable bonds is 10. The summed E-state index contributed by atoms with van der Waals surface area (Å²) in [6, 6.07) is 5.48. The van der Waals surface area contributed by atoms with Gasteiger partial charge in [0.15, 0.2) is 5.96 Å². The number of ketones is 1. The molecule has 1 aromatic rings. The summed E-state index contributed by atoms with van der Waals surface area (Å²) >= 11 is 0. The van der Waals surface area contributed by atoms with E-state index in [0.29, 0.717) is 19.4 Å². The second-order valence-corrected chi connectivity index (χ2v) is 5.63. The van der Waals surface area contributed by atoms with Gasteiger partial charge in [0.2, 0.25) is 0 Å². The van der Waals surface area contributed by atoms with Gasteiger partial charge >= 0.3 is 5.97 Å². The Morgan fingerprint density at radius 1 is 1.16 bits per heavy atom. The van der Waals surface area contributed by atoms with Crippen molar-refractivity contribution in [2.75, 3.05) is 6.54 Å². The number of phenolic OH excluding ortho intramolecular Hbond substituents is 1. The van der Waals surface area contributed by atoms with Crippen molar-refractivity contribution in [1.82, 2.24) is 0 Å². The number of nitrogens with two attached hydrogens (primary N) is 3. The minimum atomic E-state index is -1.05. The maximum Gasteiger partial charge on any atom is 0.307 e. The molecule has 2 atom stereocenters. The minimum absolute atomic E-state index is 0. The summed E-state index contributed by atoms with van der Waals surface area (Å²) in [4.78, 5) is 27.3. The van der Waals surface area contributed by atoms with Gasteiger partial charge < -0.3 is 27.4 Å². The molecule has 0 spiro atoms. The number of phenols is 1. The first-order chi connectivity index (χ1) is 11.3. The second kappa shape index (κ2) is 11.3. The van der Waals surface area contributed by atoms with Crippen molar-refractivity contribution in [3.8, 4) is 5.75 Å². The number of halogens is 1. The molecule has 8 nitrogen and oxygen atoms in total. The van der Waals surface area contributed by atoms with E-state index < -0.39 is 17.9 Å². The number of carboxylic acids is 1. The fourth-order valence-electron chi connectivity index (χ4n) is 2.24. The molecule has 2 unspecified atom stereocenters. The Kier molecular flexibility index (Phi) is 10.2. The summed E-state index contributed by atoms with van der Waals surface area (Å²) in [5, 5.41) is 18.6. The van der Waals surface area contributed by atoms with Crippen LogP contribution in [0.2, 0.25) is 0 Å². The van der Waals surface area contributed by atoms with E-state index >= 15 is 0 Å². The minimum Gasteiger partial charge on any atom is -0.508 e. The van der Waals surface area contributed by atoms with Crippen LogP contribution in [0, 0.1) is 5.92 Å². The van der Waals surface area contributed by atoms with Gasteiger partial charge in [0.1, 0.15) is 11.5 Å². The molecule has 0 bridgehead atoms. The molecule has 0 aromatic heterocycles. The number of aromatic hydroxyl groups is 1. The largest absolute Gasteiger partial charge is 0.508 e. The van der Waals surface area contributed by atoms with Crippen molar-refractivity contribution >= 4 is 30.1 Å². The van der Waals surface area contributed by atoms with Crippen molar-refractivity contribution in [2.45, 2.75) is 31.7 Å². The van der Waals surface area contributed by atoms with Gasteiger partial charge in [0, 0.05) is 13.0 Å². The Morgan fingerprint density at radius 3 is 2.28 bits per heavy atom. The zero-order chi connectivity index (χ0) is 18.1. The molecule has 0 saturated heterocycles. The number of carbonyl (C=O) groups excluding carboxylic acids is 1. The van der Waals surface area contributed by atoms with Gasteiger partial charge in [-0.2, -0.15) is 0 Å². The lowest BCUT2D eigenvalue weighted by Crippen LogP contribution is -2.34. The first-order valence-corrected chi connectivity index (χ1v) is 7.64. The van der Waals surface area contributed by atoms with Crippen LogP contribution in [0.1, 0.15) is 24.8 Å². The van der Waals surface area contributed by atoms with Crippen LogP contribution in [0.15, 0.2) is 29.3 Å². The third-order valence-corrected chi connectivity index (χ3v) is 3.60. The zero-order valence-corrected chi connectivity index (χ0v) is 14.6. The summed E-state index contributed by atoms with van der Waals surface area (Å²) in [5.41, 5.74) is 16.9. The number of nitrogens with zero attached hydrogens (tertiary/aromatic N) is 1. The van der Waals surface area contributed by atoms with Crippen LogP contribution < -0.4 is 17.2 Å². The SMILES string of the molecule is Cl.NC(N)=NCCCC(N)C(=O)CC(Cc1ccc(O)cc1)C(=O)O. The van der Waals surface area contributed by atoms with E-state index in [1.54, 1.807) is 12.1 Å². The summed E-state index contributed by atoms with van der Waals surface area (Å²) < 4.78 is 0. The molecule has 9 heteroatoms. The third-order valence-electron chi connectivity index (χ3n) is 3.60. The Labute approximate surface area is 152 Å². The maximum absolute atomic E-state index is 12.1. The van der Waals surface area contributed by atoms with Crippen LogP contribution in [0.25, 0.3) is 0 Å². The number of aliphatic imine (C=N–C) groups is 1. The lowest BCUT2D eigenvalue weighted by atomic mass is 9.91. The molecule has 0 amide bonds. The number of carbonyl (C=O) groups is 2. The van der Waals surface area contributed by atoms with Gasteiger partial charge in [0.25, 0.3) is 0 Å². The molecule has 8 N–H and O–H groups in total. The highest BCUT2D eigenvalue weighted by Crippen LogP contribution is 2.17. The first kappa shape index (κ1) is 22.7. The van der Waals surface area contributed by atoms with Crippen LogP contribution in [0.3, 0.4) is 0 Å². The molecule has 0 aliphatic carbocycles. The highest BCUT2D eigenvalue weighted by molar-refractivity contribution is 5.87. The molecule has 0 radical (unpaired) electrons. The molecule has 0 heterocycles. The Morgan fingerprint density at radius 2 is 1.76 bits per heavy atom. The van der Waals surface area contributed by atoms with E-state index in [2.05, 4.69) is 4.99 Å². The van der Waals surface area contributed by atoms with Crippen molar-refractivity contribution in [2.24, 2.45) is 28.1 Å². The molecule has 1 aromatic carbocycles. The predicted molar refractivity (Wildman–Crippen MR) is 97.7 cm³/mol. The van der Waals surface area contributed by atoms with Crippen LogP contribution >= 0.6 is 12.4 Å². The Balaban J connectivity index is 0.00000576. The Bertz CT molecular complexity index is 588. The van der Waals surface area contributed by atoms with Crippen LogP contribution in [0.5, 0.6) is 5.75 Å². The van der Waals surface area contributed by atoms with Gasteiger partial charge in [-0.15, -0.1) is 12.4 Å². The monoisotopic (exact) mass is 372 g/mol. The molecule has 0 aliphatic rings. The van der Waals surface area contributed by atoms with E-state index in [-0.39, 0.29) is 42.7 Å². The number of aliphatic carboxylic acids is 1. The highest BCUT2D eigenvalue weighted by atomic mass is 35.5. The number of carboxylic acid groups (broad SMARTS) is 1. The van der Waals surface area contributed by atoms with Crippen LogP contribution in [0.4, 0.5) is 0 Å². The van der Waals surface area contributed by atoms with Crippen molar-refractivity contribution in [3.63, 3.8) is 0 Å². The van der Waals surface area contributed by atoms with E-state index in [1.165, 1.54) is 12.1 Å². The molecular formula is C16H25ClN4O4. The van der Waals surface area contributed by atoms with E-state index in [4.69, 9.17) is 17.2 Å². The number of benzene rings is 1. The van der Waals surface area contributed by atoms with Gasteiger partial charge in [-0.25, -0.2) is 0 Å². The summed E-state index contributed by atoms with van der Waals surface area (Å²) in [6.45, 7) is 0.374. The van der Waals surface area contributed by atoms with Gasteiger partial charge in [-0.1, -0.05) is 12.1 Å². The average Bonchev–Trinajstić information content (AvgIpc) is 2.52. The summed E-state index contributed by atoms with van der Waals surface area (Å²) in [5.74, 6) is -2.12. The third kappa shape index (κ3) is 8.92. The summed E-state index contributed by atoms with van der Waals surface area (Å²) in [7, 11) is 0. The van der Waals surface area contributed by atoms with Crippen molar-refractivity contribution in [3.05, 3.63) is 29.8 Å². The molecule has 25 heavy (non-hydrogen) atoms. The van der Waals surface area contributed by atoms with Gasteiger partial charge in [-0.3, -0.25) is 14.6 Å². The molecular weight excluding hydrogens is 348 g/mol. The van der Waals surface area contributed by atoms with E-state index in [0.717, 1.165) is 5.56 Å². The quantitative estimate of drug-likeness (QED) is 0.225. The first-order valence-electron chi connectivity index (χ1n) is 7.64. The number of Topliss-reactive ketones (excluding diaryl/α,β-unsaturated/α-hetero) is 1. The number of hydrogen-bond acceptors (Lipinski definition) is 5. The Hall–Kier alpha value is -2.32. The van der Waals surface area contributed by atoms with Gasteiger partial charge in [-0.05, 0) is 37.0 Å². The fourth-order valence-corrected chi connectivity index (χ4v) is 2.24. The normalized spacial score (nSPS) is 12.5. The molecule has 140 valence electrons. The molecule has 0 aliphatic heterocycles. The predicted octanol–water partition coefficient (Wildman–Crippen LogP) is 0.397. The average molecular weight is 373 g/mol. The zero-order valence-electron chi connectivity index (χ0n) is 13.8. The molecule has 0 fully saturated rings. The molecule has 0 saturated carbocycles. The topological polar surface area (TPSA) is 165 Å². The van der Waals surface area contributed by atoms with Gasteiger partial charge in [0.05, 0.1) is 12.0 Å². The standard InChI is InChI=1S/C16H24N4O4.ClH/c17-13(2-1-7-20-16(18)19)14(22)9-11(15(23)24)8-10-3-5-12(21)6-4-10;/h3-6,11,13,21H,1-2,7-9,17H2,(H,23,24)(H4,18,19,20);1H. The number of guanidine groups is 1. The molecule has 1 rings (SSSR count). The van der Waals surface area contributed by atoms with E-state index in [1.807, 2.05) is 0 Å². The van der Waals surface area contributed by atoms with Crippen molar-refractivity contribution < 1.29 is 19.8 Å². The van der Waals surface area contributed by atoms with Crippen LogP contribution in [-0.2, 0) is 16.0 Å². The fraction of sp³-hybridized carbons (Fsp3) is 0.438. The van der Waals surface area contributed by atoms with Crippen LogP contribution in [-0.4, -0.2) is 40.5 Å². The smallest absolute Gasteiger partial charge is 0.307 e.